The Morgan fingerprint density at radius 1 is 1.24 bits per heavy atom. The summed E-state index contributed by atoms with van der Waals surface area (Å²) in [4.78, 5) is 24.7. The Kier molecular flexibility index (Phi) is 4.08. The van der Waals surface area contributed by atoms with E-state index in [1.807, 2.05) is 32.0 Å². The number of hydrogen-bond acceptors (Lipinski definition) is 5. The summed E-state index contributed by atoms with van der Waals surface area (Å²) in [5.41, 5.74) is 3.45. The summed E-state index contributed by atoms with van der Waals surface area (Å²) in [5, 5.41) is 7.79. The van der Waals surface area contributed by atoms with Crippen LogP contribution in [0.2, 0.25) is 0 Å². The predicted octanol–water partition coefficient (Wildman–Crippen LogP) is 3.13. The average Bonchev–Trinajstić information content (AvgIpc) is 3.03. The minimum atomic E-state index is -0.574. The van der Waals surface area contributed by atoms with Crippen LogP contribution in [0.3, 0.4) is 0 Å². The lowest BCUT2D eigenvalue weighted by atomic mass is 10.1. The molecule has 0 aliphatic heterocycles. The van der Waals surface area contributed by atoms with Crippen LogP contribution in [0.1, 0.15) is 37.9 Å². The van der Waals surface area contributed by atoms with Crippen molar-refractivity contribution in [3.8, 4) is 0 Å². The monoisotopic (exact) mass is 341 g/mol. The second-order valence-corrected chi connectivity index (χ2v) is 5.93. The maximum atomic E-state index is 12.7. The zero-order valence-electron chi connectivity index (χ0n) is 14.8. The van der Waals surface area contributed by atoms with E-state index in [4.69, 9.17) is 9.15 Å². The fraction of sp³-hybridized carbons (Fsp3) is 0.278. The number of carbonyl (C=O) groups excluding carboxylic acids is 2. The van der Waals surface area contributed by atoms with Gasteiger partial charge in [0.05, 0.1) is 18.5 Å². The molecule has 0 atom stereocenters. The predicted molar refractivity (Wildman–Crippen MR) is 92.9 cm³/mol. The van der Waals surface area contributed by atoms with Crippen molar-refractivity contribution in [2.24, 2.45) is 7.05 Å². The topological polar surface area (TPSA) is 86.4 Å². The second-order valence-electron chi connectivity index (χ2n) is 5.93. The zero-order valence-corrected chi connectivity index (χ0v) is 14.8. The number of esters is 1. The minimum absolute atomic E-state index is 0.179. The number of furan rings is 1. The quantitative estimate of drug-likeness (QED) is 0.740. The van der Waals surface area contributed by atoms with Gasteiger partial charge in [-0.3, -0.25) is 9.48 Å². The summed E-state index contributed by atoms with van der Waals surface area (Å²) < 4.78 is 11.9. The Bertz CT molecular complexity index is 998. The number of nitrogens with zero attached hydrogens (tertiary/aromatic N) is 2. The van der Waals surface area contributed by atoms with E-state index in [1.165, 1.54) is 11.8 Å². The number of benzene rings is 1. The molecule has 7 nitrogen and oxygen atoms in total. The Morgan fingerprint density at radius 2 is 1.96 bits per heavy atom. The van der Waals surface area contributed by atoms with Gasteiger partial charge in [0.15, 0.2) is 11.5 Å². The highest BCUT2D eigenvalue weighted by Gasteiger charge is 2.25. The molecule has 0 bridgehead atoms. The van der Waals surface area contributed by atoms with Gasteiger partial charge in [-0.15, -0.1) is 0 Å². The van der Waals surface area contributed by atoms with E-state index in [0.717, 1.165) is 16.5 Å². The number of aryl methyl sites for hydroxylation is 4. The molecule has 0 unspecified atom stereocenters. The van der Waals surface area contributed by atoms with Gasteiger partial charge in [-0.05, 0) is 32.4 Å². The van der Waals surface area contributed by atoms with Gasteiger partial charge < -0.3 is 14.5 Å². The standard InChI is InChI=1S/C18H19N3O4/c1-9-6-7-12-10(2)16(25-13(12)8-9)17(22)19-14-11(3)20-21(4)15(14)18(23)24-5/h6-8H,1-5H3,(H,19,22). The van der Waals surface area contributed by atoms with E-state index < -0.39 is 11.9 Å². The highest BCUT2D eigenvalue weighted by atomic mass is 16.5. The van der Waals surface area contributed by atoms with E-state index in [1.54, 1.807) is 14.0 Å². The number of methoxy groups -OCH3 is 1. The zero-order chi connectivity index (χ0) is 18.3. The fourth-order valence-corrected chi connectivity index (χ4v) is 2.86. The smallest absolute Gasteiger partial charge is 0.358 e. The van der Waals surface area contributed by atoms with Crippen molar-refractivity contribution in [3.63, 3.8) is 0 Å². The first-order valence-corrected chi connectivity index (χ1v) is 7.76. The third-order valence-corrected chi connectivity index (χ3v) is 4.14. The molecule has 0 spiro atoms. The Labute approximate surface area is 144 Å². The molecule has 3 aromatic rings. The second kappa shape index (κ2) is 6.08. The van der Waals surface area contributed by atoms with Crippen molar-refractivity contribution >= 4 is 28.5 Å². The molecule has 25 heavy (non-hydrogen) atoms. The molecule has 0 saturated heterocycles. The fourth-order valence-electron chi connectivity index (χ4n) is 2.86. The number of rotatable bonds is 3. The summed E-state index contributed by atoms with van der Waals surface area (Å²) in [6.45, 7) is 5.49. The van der Waals surface area contributed by atoms with Crippen LogP contribution in [0.25, 0.3) is 11.0 Å². The van der Waals surface area contributed by atoms with Crippen LogP contribution in [0, 0.1) is 20.8 Å². The van der Waals surface area contributed by atoms with Gasteiger partial charge >= 0.3 is 5.97 Å². The van der Waals surface area contributed by atoms with Crippen molar-refractivity contribution in [1.29, 1.82) is 0 Å². The largest absolute Gasteiger partial charge is 0.464 e. The third-order valence-electron chi connectivity index (χ3n) is 4.14. The first kappa shape index (κ1) is 16.8. The molecule has 0 saturated carbocycles. The Morgan fingerprint density at radius 3 is 2.64 bits per heavy atom. The van der Waals surface area contributed by atoms with Crippen molar-refractivity contribution < 1.29 is 18.7 Å². The van der Waals surface area contributed by atoms with Crippen LogP contribution in [-0.4, -0.2) is 28.8 Å². The van der Waals surface area contributed by atoms with Gasteiger partial charge in [0, 0.05) is 18.0 Å². The molecular weight excluding hydrogens is 322 g/mol. The van der Waals surface area contributed by atoms with Crippen LogP contribution in [0.15, 0.2) is 22.6 Å². The molecule has 0 aliphatic carbocycles. The van der Waals surface area contributed by atoms with Crippen molar-refractivity contribution in [2.45, 2.75) is 20.8 Å². The first-order valence-electron chi connectivity index (χ1n) is 7.76. The lowest BCUT2D eigenvalue weighted by Crippen LogP contribution is -2.17. The molecule has 0 fully saturated rings. The van der Waals surface area contributed by atoms with Crippen LogP contribution in [0.5, 0.6) is 0 Å². The van der Waals surface area contributed by atoms with Crippen LogP contribution in [-0.2, 0) is 11.8 Å². The van der Waals surface area contributed by atoms with Crippen molar-refractivity contribution in [3.05, 3.63) is 46.5 Å². The maximum absolute atomic E-state index is 12.7. The van der Waals surface area contributed by atoms with E-state index in [2.05, 4.69) is 10.4 Å². The highest BCUT2D eigenvalue weighted by molar-refractivity contribution is 6.09. The van der Waals surface area contributed by atoms with Crippen molar-refractivity contribution in [2.75, 3.05) is 12.4 Å². The summed E-state index contributed by atoms with van der Waals surface area (Å²) in [5.74, 6) is -0.803. The number of hydrogen-bond donors (Lipinski definition) is 1. The number of anilines is 1. The Hall–Kier alpha value is -3.09. The Balaban J connectivity index is 2.01. The molecule has 1 amide bonds. The molecule has 3 rings (SSSR count). The number of nitrogens with one attached hydrogen (secondary N) is 1. The number of ether oxygens (including phenoxy) is 1. The number of carbonyl (C=O) groups is 2. The molecule has 1 aromatic carbocycles. The average molecular weight is 341 g/mol. The molecule has 0 aliphatic rings. The third kappa shape index (κ3) is 2.77. The number of fused-ring (bicyclic) bond motifs is 1. The lowest BCUT2D eigenvalue weighted by Gasteiger charge is -2.06. The van der Waals surface area contributed by atoms with Gasteiger partial charge in [0.2, 0.25) is 0 Å². The summed E-state index contributed by atoms with van der Waals surface area (Å²) in [6.07, 6.45) is 0. The molecule has 2 heterocycles. The van der Waals surface area contributed by atoms with E-state index in [-0.39, 0.29) is 11.5 Å². The van der Waals surface area contributed by atoms with Gasteiger partial charge in [-0.2, -0.15) is 5.10 Å². The SMILES string of the molecule is COC(=O)c1c(NC(=O)c2oc3cc(C)ccc3c2C)c(C)nn1C. The normalized spacial score (nSPS) is 10.9. The lowest BCUT2D eigenvalue weighted by molar-refractivity contribution is 0.0589. The first-order chi connectivity index (χ1) is 11.8. The van der Waals surface area contributed by atoms with E-state index >= 15 is 0 Å². The van der Waals surface area contributed by atoms with Crippen LogP contribution < -0.4 is 5.32 Å². The highest BCUT2D eigenvalue weighted by Crippen LogP contribution is 2.28. The molecular formula is C18H19N3O4. The molecule has 130 valence electrons. The molecule has 1 N–H and O–H groups in total. The number of aromatic nitrogens is 2. The summed E-state index contributed by atoms with van der Waals surface area (Å²) in [7, 11) is 2.89. The van der Waals surface area contributed by atoms with Crippen molar-refractivity contribution in [1.82, 2.24) is 9.78 Å². The molecule has 7 heteroatoms. The summed E-state index contributed by atoms with van der Waals surface area (Å²) in [6, 6.07) is 5.77. The van der Waals surface area contributed by atoms with E-state index in [0.29, 0.717) is 17.0 Å². The van der Waals surface area contributed by atoms with E-state index in [9.17, 15) is 9.59 Å². The maximum Gasteiger partial charge on any atom is 0.358 e. The minimum Gasteiger partial charge on any atom is -0.464 e. The van der Waals surface area contributed by atoms with Crippen LogP contribution in [0.4, 0.5) is 5.69 Å². The number of amides is 1. The van der Waals surface area contributed by atoms with Crippen LogP contribution >= 0.6 is 0 Å². The van der Waals surface area contributed by atoms with Gasteiger partial charge in [-0.25, -0.2) is 4.79 Å². The molecule has 2 aromatic heterocycles. The van der Waals surface area contributed by atoms with Gasteiger partial charge in [0.25, 0.3) is 5.91 Å². The van der Waals surface area contributed by atoms with Gasteiger partial charge in [-0.1, -0.05) is 12.1 Å². The van der Waals surface area contributed by atoms with Gasteiger partial charge in [0.1, 0.15) is 5.58 Å². The summed E-state index contributed by atoms with van der Waals surface area (Å²) >= 11 is 0. The molecule has 0 radical (unpaired) electrons.